The summed E-state index contributed by atoms with van der Waals surface area (Å²) in [4.78, 5) is 12.6. The maximum absolute atomic E-state index is 5.21. The topological polar surface area (TPSA) is 37.5 Å². The molecule has 0 saturated carbocycles. The Morgan fingerprint density at radius 1 is 0.341 bits per heavy atom. The molecular formula is C37H80N6O. The van der Waals surface area contributed by atoms with Crippen LogP contribution in [0, 0.1) is 0 Å². The van der Waals surface area contributed by atoms with Crippen molar-refractivity contribution in [3.63, 3.8) is 0 Å². The summed E-state index contributed by atoms with van der Waals surface area (Å²) < 4.78 is 5.21. The predicted molar refractivity (Wildman–Crippen MR) is 194 cm³/mol. The van der Waals surface area contributed by atoms with Gasteiger partial charge >= 0.3 is 0 Å². The number of rotatable bonds is 5. The van der Waals surface area contributed by atoms with Crippen LogP contribution in [-0.4, -0.2) is 146 Å². The molecule has 44 heavy (non-hydrogen) atoms. The molecule has 264 valence electrons. The van der Waals surface area contributed by atoms with Gasteiger partial charge in [-0.05, 0) is 147 Å². The van der Waals surface area contributed by atoms with Crippen molar-refractivity contribution in [1.82, 2.24) is 29.8 Å². The third kappa shape index (κ3) is 20.1. The molecule has 0 spiro atoms. The van der Waals surface area contributed by atoms with Crippen molar-refractivity contribution in [3.8, 4) is 0 Å². The number of nitrogens with one attached hydrogen (secondary N) is 1. The van der Waals surface area contributed by atoms with Gasteiger partial charge in [0.1, 0.15) is 0 Å². The third-order valence-corrected chi connectivity index (χ3v) is 9.77. The van der Waals surface area contributed by atoms with Crippen LogP contribution >= 0.6 is 0 Å². The van der Waals surface area contributed by atoms with Crippen LogP contribution in [0.4, 0.5) is 0 Å². The second-order valence-electron chi connectivity index (χ2n) is 14.8. The Hall–Kier alpha value is -0.280. The van der Waals surface area contributed by atoms with Crippen LogP contribution in [0.2, 0.25) is 0 Å². The lowest BCUT2D eigenvalue weighted by atomic mass is 10.1. The highest BCUT2D eigenvalue weighted by Crippen LogP contribution is 2.12. The quantitative estimate of drug-likeness (QED) is 0.386. The molecule has 0 unspecified atom stereocenters. The van der Waals surface area contributed by atoms with Gasteiger partial charge in [0, 0.05) is 69.5 Å². The lowest BCUT2D eigenvalue weighted by Crippen LogP contribution is -2.46. The molecule has 5 aliphatic heterocycles. The standard InChI is InChI=1S/2C8H17N.C7H16N2.C7H15NO.C7H15N/c2*1-8(2)9-6-4-3-5-7-9;1-7(2)9-5-3-8-4-6-9;1-7(2)8-3-5-9-6-4-8;1-7(2)8-5-3-4-6-8/h2*8H,3-7H2,1-2H3;7-8H,3-6H2,1-2H3;7H,3-6H2,1-2H3;7H,3-6H2,1-2H3. The molecule has 0 aromatic rings. The van der Waals surface area contributed by atoms with Gasteiger partial charge in [0.15, 0.2) is 0 Å². The highest BCUT2D eigenvalue weighted by Gasteiger charge is 2.15. The van der Waals surface area contributed by atoms with E-state index in [2.05, 4.69) is 99.1 Å². The number of hydrogen-bond donors (Lipinski definition) is 1. The summed E-state index contributed by atoms with van der Waals surface area (Å²) in [6, 6.07) is 3.73. The average molecular weight is 625 g/mol. The number of piperidine rings is 2. The van der Waals surface area contributed by atoms with Gasteiger partial charge in [0.05, 0.1) is 13.2 Å². The SMILES string of the molecule is CC(C)N1CCCC1.CC(C)N1CCCCC1.CC(C)N1CCCCC1.CC(C)N1CCNCC1.CC(C)N1CCOCC1. The van der Waals surface area contributed by atoms with E-state index in [-0.39, 0.29) is 0 Å². The summed E-state index contributed by atoms with van der Waals surface area (Å²) in [7, 11) is 0. The highest BCUT2D eigenvalue weighted by atomic mass is 16.5. The first kappa shape index (κ1) is 41.7. The minimum Gasteiger partial charge on any atom is -0.379 e. The van der Waals surface area contributed by atoms with E-state index in [1.165, 1.54) is 104 Å². The molecule has 1 N–H and O–H groups in total. The molecule has 0 aliphatic carbocycles. The van der Waals surface area contributed by atoms with Crippen molar-refractivity contribution in [2.75, 3.05) is 91.8 Å². The van der Waals surface area contributed by atoms with E-state index in [1.54, 1.807) is 0 Å². The molecule has 7 heteroatoms. The second-order valence-corrected chi connectivity index (χ2v) is 14.8. The fourth-order valence-electron chi connectivity index (χ4n) is 6.42. The van der Waals surface area contributed by atoms with Crippen LogP contribution in [0.3, 0.4) is 0 Å². The Bertz CT molecular complexity index is 525. The van der Waals surface area contributed by atoms with Gasteiger partial charge < -0.3 is 24.8 Å². The van der Waals surface area contributed by atoms with Gasteiger partial charge in [0.2, 0.25) is 0 Å². The zero-order valence-corrected chi connectivity index (χ0v) is 31.6. The van der Waals surface area contributed by atoms with Crippen LogP contribution in [0.25, 0.3) is 0 Å². The van der Waals surface area contributed by atoms with E-state index in [1.807, 2.05) is 0 Å². The van der Waals surface area contributed by atoms with Gasteiger partial charge in [-0.3, -0.25) is 9.80 Å². The fourth-order valence-corrected chi connectivity index (χ4v) is 6.42. The summed E-state index contributed by atoms with van der Waals surface area (Å²) >= 11 is 0. The Balaban J connectivity index is 0.000000275. The number of hydrogen-bond acceptors (Lipinski definition) is 7. The number of piperazine rings is 1. The molecular weight excluding hydrogens is 544 g/mol. The maximum Gasteiger partial charge on any atom is 0.0594 e. The molecule has 0 amide bonds. The largest absolute Gasteiger partial charge is 0.379 e. The molecule has 5 heterocycles. The van der Waals surface area contributed by atoms with E-state index in [0.717, 1.165) is 63.6 Å². The van der Waals surface area contributed by atoms with Crippen molar-refractivity contribution in [3.05, 3.63) is 0 Å². The predicted octanol–water partition coefficient (Wildman–Crippen LogP) is 6.28. The van der Waals surface area contributed by atoms with Gasteiger partial charge in [-0.1, -0.05) is 12.8 Å². The number of ether oxygens (including phenoxy) is 1. The summed E-state index contributed by atoms with van der Waals surface area (Å²) in [6.07, 6.45) is 11.4. The number of nitrogens with zero attached hydrogens (tertiary/aromatic N) is 5. The number of likely N-dealkylation sites (tertiary alicyclic amines) is 3. The zero-order valence-electron chi connectivity index (χ0n) is 31.6. The minimum atomic E-state index is 0.689. The van der Waals surface area contributed by atoms with Gasteiger partial charge in [0.25, 0.3) is 0 Å². The summed E-state index contributed by atoms with van der Waals surface area (Å²) in [5.74, 6) is 0. The first-order chi connectivity index (χ1) is 21.0. The normalized spacial score (nSPS) is 23.0. The van der Waals surface area contributed by atoms with E-state index in [0.29, 0.717) is 6.04 Å². The fraction of sp³-hybridized carbons (Fsp3) is 1.00. The van der Waals surface area contributed by atoms with Crippen LogP contribution < -0.4 is 5.32 Å². The summed E-state index contributed by atoms with van der Waals surface area (Å²) in [5, 5.41) is 3.33. The Morgan fingerprint density at radius 3 is 0.818 bits per heavy atom. The van der Waals surface area contributed by atoms with Crippen molar-refractivity contribution in [1.29, 1.82) is 0 Å². The van der Waals surface area contributed by atoms with Crippen molar-refractivity contribution in [2.24, 2.45) is 0 Å². The Kier molecular flexibility index (Phi) is 24.4. The maximum atomic E-state index is 5.21. The molecule has 5 aliphatic rings. The third-order valence-electron chi connectivity index (χ3n) is 9.77. The van der Waals surface area contributed by atoms with Crippen molar-refractivity contribution >= 4 is 0 Å². The highest BCUT2D eigenvalue weighted by molar-refractivity contribution is 4.71. The van der Waals surface area contributed by atoms with Gasteiger partial charge in [-0.2, -0.15) is 0 Å². The monoisotopic (exact) mass is 625 g/mol. The first-order valence-electron chi connectivity index (χ1n) is 19.0. The molecule has 0 radical (unpaired) electrons. The molecule has 5 saturated heterocycles. The summed E-state index contributed by atoms with van der Waals surface area (Å²) in [5.41, 5.74) is 0. The second kappa shape index (κ2) is 25.8. The van der Waals surface area contributed by atoms with E-state index in [9.17, 15) is 0 Å². The molecule has 0 aromatic heterocycles. The molecule has 0 bridgehead atoms. The Labute approximate surface area is 276 Å². The van der Waals surface area contributed by atoms with Crippen molar-refractivity contribution in [2.45, 2.75) is 151 Å². The smallest absolute Gasteiger partial charge is 0.0594 e. The molecule has 0 aromatic carbocycles. The first-order valence-corrected chi connectivity index (χ1v) is 19.0. The number of morpholine rings is 1. The molecule has 5 rings (SSSR count). The lowest BCUT2D eigenvalue weighted by molar-refractivity contribution is 0.0238. The summed E-state index contributed by atoms with van der Waals surface area (Å²) in [6.45, 7) is 39.4. The van der Waals surface area contributed by atoms with Crippen molar-refractivity contribution < 1.29 is 4.74 Å². The zero-order chi connectivity index (χ0) is 32.7. The lowest BCUT2D eigenvalue weighted by Gasteiger charge is -2.30. The van der Waals surface area contributed by atoms with Gasteiger partial charge in [-0.15, -0.1) is 0 Å². The average Bonchev–Trinajstić information content (AvgIpc) is 3.60. The minimum absolute atomic E-state index is 0.689. The molecule has 0 atom stereocenters. The van der Waals surface area contributed by atoms with E-state index in [4.69, 9.17) is 4.74 Å². The Morgan fingerprint density at radius 2 is 0.591 bits per heavy atom. The van der Waals surface area contributed by atoms with Crippen LogP contribution in [0.15, 0.2) is 0 Å². The van der Waals surface area contributed by atoms with Crippen LogP contribution in [0.1, 0.15) is 121 Å². The molecule has 7 nitrogen and oxygen atoms in total. The van der Waals surface area contributed by atoms with Gasteiger partial charge in [-0.25, -0.2) is 0 Å². The van der Waals surface area contributed by atoms with E-state index < -0.39 is 0 Å². The van der Waals surface area contributed by atoms with E-state index >= 15 is 0 Å². The van der Waals surface area contributed by atoms with Crippen LogP contribution in [0.5, 0.6) is 0 Å². The van der Waals surface area contributed by atoms with Crippen LogP contribution in [-0.2, 0) is 4.74 Å². The molecule has 5 fully saturated rings.